The number of fused-ring (bicyclic) bond motifs is 2. The lowest BCUT2D eigenvalue weighted by atomic mass is 9.86. The first-order valence-electron chi connectivity index (χ1n) is 8.59. The van der Waals surface area contributed by atoms with Gasteiger partial charge >= 0.3 is 0 Å². The summed E-state index contributed by atoms with van der Waals surface area (Å²) in [6, 6.07) is 8.93. The van der Waals surface area contributed by atoms with E-state index in [0.29, 0.717) is 41.0 Å². The zero-order chi connectivity index (χ0) is 18.3. The zero-order valence-electron chi connectivity index (χ0n) is 14.6. The van der Waals surface area contributed by atoms with Crippen molar-refractivity contribution in [1.82, 2.24) is 0 Å². The molecule has 0 amide bonds. The van der Waals surface area contributed by atoms with E-state index in [2.05, 4.69) is 0 Å². The van der Waals surface area contributed by atoms with Crippen molar-refractivity contribution in [3.63, 3.8) is 0 Å². The molecule has 0 radical (unpaired) electrons. The van der Waals surface area contributed by atoms with Crippen molar-refractivity contribution in [1.29, 1.82) is 0 Å². The first kappa shape index (κ1) is 17.2. The van der Waals surface area contributed by atoms with Crippen LogP contribution in [0.1, 0.15) is 41.4 Å². The van der Waals surface area contributed by atoms with Crippen LogP contribution in [0.5, 0.6) is 17.2 Å². The van der Waals surface area contributed by atoms with Gasteiger partial charge in [0, 0.05) is 22.2 Å². The standard InChI is InChI=1S/C20H19ClO5/c1-3-24-14-4-5-15-17(8-14)26-19(11(2)18(15)22)16-7-13(21)6-12-9-23-10-25-20(12)16/h4-8,11,19H,3,9-10H2,1-2H3/t11-,19+/m1/s1. The molecule has 2 heterocycles. The molecule has 2 aliphatic heterocycles. The topological polar surface area (TPSA) is 54.0 Å². The quantitative estimate of drug-likeness (QED) is 0.788. The van der Waals surface area contributed by atoms with Crippen LogP contribution in [0.2, 0.25) is 5.02 Å². The maximum Gasteiger partial charge on any atom is 0.189 e. The predicted octanol–water partition coefficient (Wildman–Crippen LogP) is 4.56. The van der Waals surface area contributed by atoms with E-state index in [1.54, 1.807) is 24.3 Å². The summed E-state index contributed by atoms with van der Waals surface area (Å²) in [4.78, 5) is 12.9. The first-order valence-corrected chi connectivity index (χ1v) is 8.97. The molecule has 2 aromatic rings. The molecule has 136 valence electrons. The van der Waals surface area contributed by atoms with Crippen LogP contribution in [0.25, 0.3) is 0 Å². The summed E-state index contributed by atoms with van der Waals surface area (Å²) >= 11 is 6.28. The minimum atomic E-state index is -0.488. The highest BCUT2D eigenvalue weighted by molar-refractivity contribution is 6.30. The Morgan fingerprint density at radius 2 is 2.12 bits per heavy atom. The number of carbonyl (C=O) groups excluding carboxylic acids is 1. The highest BCUT2D eigenvalue weighted by Crippen LogP contribution is 2.45. The van der Waals surface area contributed by atoms with Gasteiger partial charge < -0.3 is 18.9 Å². The van der Waals surface area contributed by atoms with Crippen molar-refractivity contribution in [3.05, 3.63) is 52.0 Å². The van der Waals surface area contributed by atoms with Gasteiger partial charge in [0.15, 0.2) is 12.6 Å². The van der Waals surface area contributed by atoms with Crippen LogP contribution < -0.4 is 14.2 Å². The molecule has 2 atom stereocenters. The summed E-state index contributed by atoms with van der Waals surface area (Å²) in [7, 11) is 0. The molecule has 2 aliphatic rings. The Kier molecular flexibility index (Phi) is 4.51. The van der Waals surface area contributed by atoms with E-state index in [9.17, 15) is 4.79 Å². The van der Waals surface area contributed by atoms with E-state index >= 15 is 0 Å². The monoisotopic (exact) mass is 374 g/mol. The molecule has 0 aromatic heterocycles. The Labute approximate surface area is 156 Å². The lowest BCUT2D eigenvalue weighted by Crippen LogP contribution is -2.30. The number of Topliss-reactive ketones (excluding diaryl/α,β-unsaturated/α-hetero) is 1. The van der Waals surface area contributed by atoms with Gasteiger partial charge in [-0.15, -0.1) is 0 Å². The number of hydrogen-bond donors (Lipinski definition) is 0. The Bertz CT molecular complexity index is 864. The number of carbonyl (C=O) groups is 1. The van der Waals surface area contributed by atoms with Gasteiger partial charge in [0.05, 0.1) is 24.7 Å². The van der Waals surface area contributed by atoms with Gasteiger partial charge in [0.1, 0.15) is 23.4 Å². The van der Waals surface area contributed by atoms with E-state index in [0.717, 1.165) is 11.1 Å². The molecule has 2 aromatic carbocycles. The second-order valence-electron chi connectivity index (χ2n) is 6.38. The fraction of sp³-hybridized carbons (Fsp3) is 0.350. The summed E-state index contributed by atoms with van der Waals surface area (Å²) in [6.45, 7) is 4.90. The number of rotatable bonds is 3. The number of hydrogen-bond acceptors (Lipinski definition) is 5. The minimum absolute atomic E-state index is 0.0279. The van der Waals surface area contributed by atoms with Gasteiger partial charge in [-0.25, -0.2) is 0 Å². The Hall–Kier alpha value is -2.24. The number of halogens is 1. The summed E-state index contributed by atoms with van der Waals surface area (Å²) in [5.41, 5.74) is 2.19. The smallest absolute Gasteiger partial charge is 0.189 e. The van der Waals surface area contributed by atoms with Gasteiger partial charge in [-0.1, -0.05) is 18.5 Å². The second kappa shape index (κ2) is 6.82. The maximum absolute atomic E-state index is 12.9. The van der Waals surface area contributed by atoms with Crippen LogP contribution in [0, 0.1) is 5.92 Å². The third kappa shape index (κ3) is 2.91. The fourth-order valence-electron chi connectivity index (χ4n) is 3.43. The summed E-state index contributed by atoms with van der Waals surface area (Å²) in [5, 5.41) is 0.560. The molecule has 26 heavy (non-hydrogen) atoms. The molecule has 0 saturated carbocycles. The van der Waals surface area contributed by atoms with Gasteiger partial charge in [-0.2, -0.15) is 0 Å². The molecule has 0 aliphatic carbocycles. The summed E-state index contributed by atoms with van der Waals surface area (Å²) in [6.07, 6.45) is -0.488. The average molecular weight is 375 g/mol. The third-order valence-corrected chi connectivity index (χ3v) is 4.88. The van der Waals surface area contributed by atoms with Crippen molar-refractivity contribution < 1.29 is 23.7 Å². The molecule has 0 N–H and O–H groups in total. The van der Waals surface area contributed by atoms with Crippen LogP contribution in [-0.4, -0.2) is 19.2 Å². The van der Waals surface area contributed by atoms with E-state index < -0.39 is 6.10 Å². The van der Waals surface area contributed by atoms with Crippen LogP contribution in [0.15, 0.2) is 30.3 Å². The third-order valence-electron chi connectivity index (χ3n) is 4.66. The Morgan fingerprint density at radius 3 is 2.92 bits per heavy atom. The zero-order valence-corrected chi connectivity index (χ0v) is 15.3. The van der Waals surface area contributed by atoms with Gasteiger partial charge in [0.2, 0.25) is 0 Å². The van der Waals surface area contributed by atoms with Crippen molar-refractivity contribution >= 4 is 17.4 Å². The minimum Gasteiger partial charge on any atom is -0.494 e. The molecule has 6 heteroatoms. The summed E-state index contributed by atoms with van der Waals surface area (Å²) in [5.74, 6) is 1.54. The van der Waals surface area contributed by atoms with Crippen molar-refractivity contribution in [2.24, 2.45) is 5.92 Å². The molecule has 0 bridgehead atoms. The molecule has 0 saturated heterocycles. The average Bonchev–Trinajstić information content (AvgIpc) is 2.64. The molecule has 5 nitrogen and oxygen atoms in total. The highest BCUT2D eigenvalue weighted by Gasteiger charge is 2.38. The number of ether oxygens (including phenoxy) is 4. The van der Waals surface area contributed by atoms with E-state index in [4.69, 9.17) is 30.5 Å². The number of benzene rings is 2. The molecule has 0 fully saturated rings. The fourth-order valence-corrected chi connectivity index (χ4v) is 3.68. The number of ketones is 1. The second-order valence-corrected chi connectivity index (χ2v) is 6.81. The van der Waals surface area contributed by atoms with E-state index in [1.807, 2.05) is 19.9 Å². The molecule has 4 rings (SSSR count). The molecular formula is C20H19ClO5. The van der Waals surface area contributed by atoms with Gasteiger partial charge in [-0.3, -0.25) is 4.79 Å². The summed E-state index contributed by atoms with van der Waals surface area (Å²) < 4.78 is 22.8. The van der Waals surface area contributed by atoms with E-state index in [1.165, 1.54) is 0 Å². The SMILES string of the molecule is CCOc1ccc2c(c1)O[C@H](c1cc(Cl)cc3c1OCOC3)[C@H](C)C2=O. The van der Waals surface area contributed by atoms with Gasteiger partial charge in [-0.05, 0) is 31.2 Å². The Morgan fingerprint density at radius 1 is 1.27 bits per heavy atom. The van der Waals surface area contributed by atoms with E-state index in [-0.39, 0.29) is 18.5 Å². The molecule has 0 spiro atoms. The predicted molar refractivity (Wildman–Crippen MR) is 96.2 cm³/mol. The maximum atomic E-state index is 12.9. The van der Waals surface area contributed by atoms with Crippen LogP contribution >= 0.6 is 11.6 Å². The lowest BCUT2D eigenvalue weighted by molar-refractivity contribution is -0.0189. The normalized spacial score (nSPS) is 21.3. The van der Waals surface area contributed by atoms with Crippen molar-refractivity contribution in [2.75, 3.05) is 13.4 Å². The first-order chi connectivity index (χ1) is 12.6. The van der Waals surface area contributed by atoms with Crippen molar-refractivity contribution in [3.8, 4) is 17.2 Å². The van der Waals surface area contributed by atoms with Crippen LogP contribution in [0.4, 0.5) is 0 Å². The molecule has 0 unspecified atom stereocenters. The largest absolute Gasteiger partial charge is 0.494 e. The van der Waals surface area contributed by atoms with Crippen LogP contribution in [0.3, 0.4) is 0 Å². The van der Waals surface area contributed by atoms with Gasteiger partial charge in [0.25, 0.3) is 0 Å². The van der Waals surface area contributed by atoms with Crippen molar-refractivity contribution in [2.45, 2.75) is 26.6 Å². The Balaban J connectivity index is 1.78. The molecular weight excluding hydrogens is 356 g/mol. The van der Waals surface area contributed by atoms with Crippen LogP contribution in [-0.2, 0) is 11.3 Å². The highest BCUT2D eigenvalue weighted by atomic mass is 35.5. The lowest BCUT2D eigenvalue weighted by Gasteiger charge is -2.33.